The number of likely N-dealkylation sites (tertiary alicyclic amines) is 1. The SMILES string of the molecule is Cn1c(S[C@@H](C(=O)N2CCCCC2)c2ccccc2)nnc1-c1cccnc1. The summed E-state index contributed by atoms with van der Waals surface area (Å²) in [6.07, 6.45) is 6.86. The highest BCUT2D eigenvalue weighted by Gasteiger charge is 2.29. The Morgan fingerprint density at radius 3 is 2.54 bits per heavy atom. The minimum atomic E-state index is -0.330. The van der Waals surface area contributed by atoms with Crippen LogP contribution in [0, 0.1) is 0 Å². The molecule has 1 aliphatic heterocycles. The topological polar surface area (TPSA) is 63.9 Å². The highest BCUT2D eigenvalue weighted by atomic mass is 32.2. The number of hydrogen-bond donors (Lipinski definition) is 0. The van der Waals surface area contributed by atoms with Gasteiger partial charge < -0.3 is 9.47 Å². The molecule has 0 unspecified atom stereocenters. The molecule has 0 saturated carbocycles. The fourth-order valence-electron chi connectivity index (χ4n) is 3.44. The van der Waals surface area contributed by atoms with Gasteiger partial charge in [-0.05, 0) is 37.0 Å². The van der Waals surface area contributed by atoms with Gasteiger partial charge in [-0.25, -0.2) is 0 Å². The summed E-state index contributed by atoms with van der Waals surface area (Å²) in [7, 11) is 1.93. The first-order chi connectivity index (χ1) is 13.7. The summed E-state index contributed by atoms with van der Waals surface area (Å²) >= 11 is 1.46. The minimum Gasteiger partial charge on any atom is -0.341 e. The molecule has 1 aromatic carbocycles. The van der Waals surface area contributed by atoms with Crippen LogP contribution in [-0.4, -0.2) is 43.6 Å². The van der Waals surface area contributed by atoms with Crippen molar-refractivity contribution in [3.05, 3.63) is 60.4 Å². The average Bonchev–Trinajstić information content (AvgIpc) is 3.13. The third-order valence-corrected chi connectivity index (χ3v) is 6.25. The maximum Gasteiger partial charge on any atom is 0.240 e. The van der Waals surface area contributed by atoms with Crippen molar-refractivity contribution in [1.82, 2.24) is 24.6 Å². The van der Waals surface area contributed by atoms with Crippen LogP contribution >= 0.6 is 11.8 Å². The minimum absolute atomic E-state index is 0.154. The van der Waals surface area contributed by atoms with Gasteiger partial charge in [-0.3, -0.25) is 9.78 Å². The summed E-state index contributed by atoms with van der Waals surface area (Å²) in [6, 6.07) is 13.8. The summed E-state index contributed by atoms with van der Waals surface area (Å²) in [6.45, 7) is 1.67. The zero-order chi connectivity index (χ0) is 19.3. The molecule has 0 radical (unpaired) electrons. The number of thioether (sulfide) groups is 1. The van der Waals surface area contributed by atoms with Crippen molar-refractivity contribution < 1.29 is 4.79 Å². The Labute approximate surface area is 169 Å². The van der Waals surface area contributed by atoms with Crippen LogP contribution in [0.15, 0.2) is 60.0 Å². The molecule has 1 aliphatic rings. The summed E-state index contributed by atoms with van der Waals surface area (Å²) < 4.78 is 1.93. The van der Waals surface area contributed by atoms with Gasteiger partial charge in [0.2, 0.25) is 5.91 Å². The third kappa shape index (κ3) is 3.94. The molecule has 6 nitrogen and oxygen atoms in total. The molecule has 1 saturated heterocycles. The van der Waals surface area contributed by atoms with Gasteiger partial charge in [-0.15, -0.1) is 10.2 Å². The predicted molar refractivity (Wildman–Crippen MR) is 110 cm³/mol. The quantitative estimate of drug-likeness (QED) is 0.618. The second-order valence-electron chi connectivity index (χ2n) is 6.90. The lowest BCUT2D eigenvalue weighted by Gasteiger charge is -2.30. The van der Waals surface area contributed by atoms with E-state index in [4.69, 9.17) is 0 Å². The summed E-state index contributed by atoms with van der Waals surface area (Å²) in [5.74, 6) is 0.898. The fourth-order valence-corrected chi connectivity index (χ4v) is 4.52. The Hall–Kier alpha value is -2.67. The van der Waals surface area contributed by atoms with Gasteiger partial charge in [0.05, 0.1) is 0 Å². The molecule has 144 valence electrons. The molecule has 3 aromatic rings. The monoisotopic (exact) mass is 393 g/mol. The van der Waals surface area contributed by atoms with Gasteiger partial charge in [0.25, 0.3) is 0 Å². The lowest BCUT2D eigenvalue weighted by atomic mass is 10.1. The molecule has 1 amide bonds. The Bertz CT molecular complexity index is 922. The van der Waals surface area contributed by atoms with Crippen LogP contribution in [0.3, 0.4) is 0 Å². The van der Waals surface area contributed by atoms with E-state index in [0.717, 1.165) is 48.0 Å². The van der Waals surface area contributed by atoms with Crippen LogP contribution in [0.25, 0.3) is 11.4 Å². The third-order valence-electron chi connectivity index (χ3n) is 4.97. The standard InChI is InChI=1S/C21H23N5OS/c1-25-19(17-11-8-12-22-15-17)23-24-21(25)28-18(16-9-4-2-5-10-16)20(27)26-13-6-3-7-14-26/h2,4-5,8-12,15,18H,3,6-7,13-14H2,1H3/t18-/m1/s1. The molecule has 0 N–H and O–H groups in total. The Morgan fingerprint density at radius 2 is 1.82 bits per heavy atom. The first-order valence-corrected chi connectivity index (χ1v) is 10.4. The van der Waals surface area contributed by atoms with Gasteiger partial charge in [0.1, 0.15) is 5.25 Å². The molecule has 0 spiro atoms. The van der Waals surface area contributed by atoms with Crippen LogP contribution in [0.2, 0.25) is 0 Å². The molecule has 0 aliphatic carbocycles. The first kappa shape index (κ1) is 18.7. The van der Waals surface area contributed by atoms with Gasteiger partial charge in [-0.2, -0.15) is 0 Å². The Morgan fingerprint density at radius 1 is 1.04 bits per heavy atom. The van der Waals surface area contributed by atoms with Crippen LogP contribution in [-0.2, 0) is 11.8 Å². The molecular formula is C21H23N5OS. The summed E-state index contributed by atoms with van der Waals surface area (Å²) in [4.78, 5) is 19.5. The van der Waals surface area contributed by atoms with Crippen LogP contribution in [0.4, 0.5) is 0 Å². The van der Waals surface area contributed by atoms with Gasteiger partial charge >= 0.3 is 0 Å². The molecule has 28 heavy (non-hydrogen) atoms. The maximum atomic E-state index is 13.3. The van der Waals surface area contributed by atoms with E-state index in [0.29, 0.717) is 0 Å². The van der Waals surface area contributed by atoms with Gasteiger partial charge in [0.15, 0.2) is 11.0 Å². The number of hydrogen-bond acceptors (Lipinski definition) is 5. The van der Waals surface area contributed by atoms with E-state index in [-0.39, 0.29) is 11.2 Å². The van der Waals surface area contributed by atoms with Crippen LogP contribution < -0.4 is 0 Å². The number of carbonyl (C=O) groups excluding carboxylic acids is 1. The van der Waals surface area contributed by atoms with Crippen LogP contribution in [0.1, 0.15) is 30.1 Å². The molecule has 1 atom stereocenters. The van der Waals surface area contributed by atoms with Crippen molar-refractivity contribution in [3.8, 4) is 11.4 Å². The maximum absolute atomic E-state index is 13.3. The number of nitrogens with zero attached hydrogens (tertiary/aromatic N) is 5. The number of aromatic nitrogens is 4. The van der Waals surface area contributed by atoms with Crippen molar-refractivity contribution in [2.45, 2.75) is 29.7 Å². The van der Waals surface area contributed by atoms with E-state index in [2.05, 4.69) is 15.2 Å². The molecular weight excluding hydrogens is 370 g/mol. The van der Waals surface area contributed by atoms with Crippen molar-refractivity contribution in [2.24, 2.45) is 7.05 Å². The van der Waals surface area contributed by atoms with E-state index in [9.17, 15) is 4.79 Å². The fraction of sp³-hybridized carbons (Fsp3) is 0.333. The second kappa shape index (κ2) is 8.56. The molecule has 0 bridgehead atoms. The van der Waals surface area contributed by atoms with Gasteiger partial charge in [-0.1, -0.05) is 42.1 Å². The molecule has 2 aromatic heterocycles. The molecule has 4 rings (SSSR count). The number of pyridine rings is 1. The Kier molecular flexibility index (Phi) is 5.71. The van der Waals surface area contributed by atoms with E-state index in [1.165, 1.54) is 18.2 Å². The Balaban J connectivity index is 1.63. The summed E-state index contributed by atoms with van der Waals surface area (Å²) in [5.41, 5.74) is 1.90. The smallest absolute Gasteiger partial charge is 0.240 e. The van der Waals surface area contributed by atoms with Crippen molar-refractivity contribution in [2.75, 3.05) is 13.1 Å². The van der Waals surface area contributed by atoms with Crippen molar-refractivity contribution in [1.29, 1.82) is 0 Å². The highest BCUT2D eigenvalue weighted by molar-refractivity contribution is 8.00. The number of rotatable bonds is 5. The molecule has 7 heteroatoms. The number of amides is 1. The number of carbonyl (C=O) groups is 1. The first-order valence-electron chi connectivity index (χ1n) is 9.54. The van der Waals surface area contributed by atoms with E-state index < -0.39 is 0 Å². The molecule has 1 fully saturated rings. The average molecular weight is 394 g/mol. The van der Waals surface area contributed by atoms with Gasteiger partial charge in [0, 0.05) is 38.1 Å². The highest BCUT2D eigenvalue weighted by Crippen LogP contribution is 2.37. The predicted octanol–water partition coefficient (Wildman–Crippen LogP) is 3.72. The van der Waals surface area contributed by atoms with Crippen molar-refractivity contribution >= 4 is 17.7 Å². The normalized spacial score (nSPS) is 15.4. The van der Waals surface area contributed by atoms with Crippen LogP contribution in [0.5, 0.6) is 0 Å². The lowest BCUT2D eigenvalue weighted by Crippen LogP contribution is -2.38. The zero-order valence-corrected chi connectivity index (χ0v) is 16.7. The second-order valence-corrected chi connectivity index (χ2v) is 7.97. The summed E-state index contributed by atoms with van der Waals surface area (Å²) in [5, 5.41) is 9.08. The molecule has 3 heterocycles. The lowest BCUT2D eigenvalue weighted by molar-refractivity contribution is -0.131. The van der Waals surface area contributed by atoms with E-state index in [1.54, 1.807) is 12.4 Å². The van der Waals surface area contributed by atoms with E-state index in [1.807, 2.05) is 59.0 Å². The van der Waals surface area contributed by atoms with Crippen molar-refractivity contribution in [3.63, 3.8) is 0 Å². The number of benzene rings is 1. The zero-order valence-electron chi connectivity index (χ0n) is 15.9. The van der Waals surface area contributed by atoms with E-state index >= 15 is 0 Å². The largest absolute Gasteiger partial charge is 0.341 e. The number of piperidine rings is 1.